The minimum absolute atomic E-state index is 0.134. The van der Waals surface area contributed by atoms with E-state index in [4.69, 9.17) is 4.74 Å². The fourth-order valence-electron chi connectivity index (χ4n) is 6.23. The van der Waals surface area contributed by atoms with Crippen molar-refractivity contribution in [1.29, 1.82) is 0 Å². The Morgan fingerprint density at radius 3 is 2.59 bits per heavy atom. The molecule has 1 spiro atoms. The number of amides is 2. The lowest BCUT2D eigenvalue weighted by Gasteiger charge is -2.45. The number of hydrogen-bond donors (Lipinski definition) is 1. The lowest BCUT2D eigenvalue weighted by Crippen LogP contribution is -2.54. The summed E-state index contributed by atoms with van der Waals surface area (Å²) in [4.78, 5) is 34.4. The van der Waals surface area contributed by atoms with Gasteiger partial charge >= 0.3 is 0 Å². The van der Waals surface area contributed by atoms with E-state index in [1.54, 1.807) is 18.3 Å². The minimum Gasteiger partial charge on any atom is -0.495 e. The van der Waals surface area contributed by atoms with Crippen LogP contribution in [0.25, 0.3) is 5.69 Å². The monoisotopic (exact) mass is 538 g/mol. The Kier molecular flexibility index (Phi) is 7.15. The van der Waals surface area contributed by atoms with Crippen LogP contribution in [0, 0.1) is 24.0 Å². The van der Waals surface area contributed by atoms with Crippen LogP contribution in [0.2, 0.25) is 0 Å². The normalized spacial score (nSPS) is 22.0. The molecule has 39 heavy (non-hydrogen) atoms. The van der Waals surface area contributed by atoms with Crippen LogP contribution < -0.4 is 4.74 Å². The van der Waals surface area contributed by atoms with Crippen LogP contribution in [-0.4, -0.2) is 69.6 Å². The maximum Gasteiger partial charge on any atom is 0.231 e. The van der Waals surface area contributed by atoms with Gasteiger partial charge in [-0.15, -0.1) is 0 Å². The summed E-state index contributed by atoms with van der Waals surface area (Å²) in [5.41, 5.74) is 1.74. The summed E-state index contributed by atoms with van der Waals surface area (Å²) in [7, 11) is 1.58. The molecule has 0 saturated carbocycles. The predicted molar refractivity (Wildman–Crippen MR) is 139 cm³/mol. The number of aromatic nitrogens is 2. The average molecular weight is 539 g/mol. The van der Waals surface area contributed by atoms with Crippen molar-refractivity contribution in [3.05, 3.63) is 77.4 Å². The number of imidazole rings is 1. The number of likely N-dealkylation sites (tertiary alicyclic amines) is 2. The van der Waals surface area contributed by atoms with E-state index in [1.165, 1.54) is 11.8 Å². The highest BCUT2D eigenvalue weighted by atomic mass is 19.1. The Labute approximate surface area is 225 Å². The summed E-state index contributed by atoms with van der Waals surface area (Å²) in [5, 5.41) is 10.3. The standard InChI is InChI=1S/C29H32F2N4O4/c1-18-13-34(17-32-18)25-6-5-20(11-27(25)39-3)24-14-33(19(2)37)16-29(24)7-4-8-35(28(29)38)26(15-36)21-9-22(30)12-23(31)10-21/h5-6,9-13,17,24,26,36H,4,7-8,14-16H2,1-3H3. The number of ether oxygens (including phenoxy) is 1. The van der Waals surface area contributed by atoms with Crippen LogP contribution in [0.1, 0.15) is 48.5 Å². The van der Waals surface area contributed by atoms with Gasteiger partial charge in [0.1, 0.15) is 17.4 Å². The van der Waals surface area contributed by atoms with Crippen LogP contribution >= 0.6 is 0 Å². The van der Waals surface area contributed by atoms with E-state index < -0.39 is 29.7 Å². The molecule has 206 valence electrons. The number of rotatable bonds is 6. The van der Waals surface area contributed by atoms with Gasteiger partial charge in [-0.1, -0.05) is 6.07 Å². The minimum atomic E-state index is -0.957. The van der Waals surface area contributed by atoms with Gasteiger partial charge in [0, 0.05) is 44.7 Å². The molecule has 3 aromatic rings. The summed E-state index contributed by atoms with van der Waals surface area (Å²) in [6.45, 7) is 3.80. The average Bonchev–Trinajstić information content (AvgIpc) is 3.51. The Morgan fingerprint density at radius 2 is 1.97 bits per heavy atom. The first-order chi connectivity index (χ1) is 18.7. The van der Waals surface area contributed by atoms with Crippen LogP contribution in [0.5, 0.6) is 5.75 Å². The number of nitrogens with zero attached hydrogens (tertiary/aromatic N) is 4. The molecule has 3 unspecified atom stereocenters. The summed E-state index contributed by atoms with van der Waals surface area (Å²) in [6.07, 6.45) is 4.75. The first kappa shape index (κ1) is 26.8. The van der Waals surface area contributed by atoms with E-state index in [9.17, 15) is 23.5 Å². The molecule has 2 aliphatic heterocycles. The molecule has 2 amide bonds. The molecule has 0 aliphatic carbocycles. The fraction of sp³-hybridized carbons (Fsp3) is 0.414. The van der Waals surface area contributed by atoms with Gasteiger partial charge in [-0.05, 0) is 55.2 Å². The SMILES string of the molecule is COc1cc(C2CN(C(C)=O)CC23CCCN(C(CO)c2cc(F)cc(F)c2)C3=O)ccc1-n1cnc(C)c1. The molecule has 1 aromatic heterocycles. The van der Waals surface area contributed by atoms with Gasteiger partial charge in [-0.25, -0.2) is 13.8 Å². The zero-order chi connectivity index (χ0) is 27.9. The maximum atomic E-state index is 14.3. The van der Waals surface area contributed by atoms with Gasteiger partial charge in [0.25, 0.3) is 0 Å². The number of piperidine rings is 1. The Morgan fingerprint density at radius 1 is 1.23 bits per heavy atom. The van der Waals surface area contributed by atoms with E-state index in [0.29, 0.717) is 31.7 Å². The summed E-state index contributed by atoms with van der Waals surface area (Å²) in [5.74, 6) is -1.66. The molecule has 2 aliphatic rings. The van der Waals surface area contributed by atoms with Gasteiger partial charge in [0.15, 0.2) is 0 Å². The topological polar surface area (TPSA) is 87.9 Å². The first-order valence-corrected chi connectivity index (χ1v) is 13.0. The molecule has 10 heteroatoms. The molecule has 0 radical (unpaired) electrons. The first-order valence-electron chi connectivity index (χ1n) is 13.0. The van der Waals surface area contributed by atoms with E-state index in [1.807, 2.05) is 35.9 Å². The number of aryl methyl sites for hydroxylation is 1. The van der Waals surface area contributed by atoms with Crippen LogP contribution in [-0.2, 0) is 9.59 Å². The molecule has 1 N–H and O–H groups in total. The van der Waals surface area contributed by atoms with Crippen molar-refractivity contribution in [1.82, 2.24) is 19.4 Å². The van der Waals surface area contributed by atoms with Crippen molar-refractivity contribution >= 4 is 11.8 Å². The molecule has 3 heterocycles. The van der Waals surface area contributed by atoms with Crippen LogP contribution in [0.15, 0.2) is 48.9 Å². The molecule has 8 nitrogen and oxygen atoms in total. The fourth-order valence-corrected chi connectivity index (χ4v) is 6.23. The van der Waals surface area contributed by atoms with Gasteiger partial charge in [0.2, 0.25) is 11.8 Å². The second-order valence-electron chi connectivity index (χ2n) is 10.5. The Hall–Kier alpha value is -3.79. The highest BCUT2D eigenvalue weighted by molar-refractivity contribution is 5.87. The van der Waals surface area contributed by atoms with Crippen molar-refractivity contribution in [3.63, 3.8) is 0 Å². The molecular weight excluding hydrogens is 506 g/mol. The second kappa shape index (κ2) is 10.4. The molecular formula is C29H32F2N4O4. The number of hydrogen-bond acceptors (Lipinski definition) is 5. The van der Waals surface area contributed by atoms with Crippen LogP contribution in [0.4, 0.5) is 8.78 Å². The molecule has 2 aromatic carbocycles. The third kappa shape index (κ3) is 4.78. The van der Waals surface area contributed by atoms with E-state index in [0.717, 1.165) is 35.1 Å². The molecule has 3 atom stereocenters. The lowest BCUT2D eigenvalue weighted by atomic mass is 9.68. The highest BCUT2D eigenvalue weighted by Crippen LogP contribution is 2.51. The van der Waals surface area contributed by atoms with Gasteiger partial charge in [0.05, 0.1) is 42.9 Å². The quantitative estimate of drug-likeness (QED) is 0.517. The summed E-state index contributed by atoms with van der Waals surface area (Å²) in [6, 6.07) is 7.91. The Balaban J connectivity index is 1.55. The van der Waals surface area contributed by atoms with Crippen molar-refractivity contribution in [2.45, 2.75) is 38.6 Å². The van der Waals surface area contributed by atoms with E-state index in [-0.39, 0.29) is 29.8 Å². The third-order valence-electron chi connectivity index (χ3n) is 8.11. The van der Waals surface area contributed by atoms with E-state index in [2.05, 4.69) is 4.98 Å². The molecule has 5 rings (SSSR count). The van der Waals surface area contributed by atoms with Gasteiger partial charge < -0.3 is 24.2 Å². The van der Waals surface area contributed by atoms with Gasteiger partial charge in [-0.3, -0.25) is 9.59 Å². The van der Waals surface area contributed by atoms with Crippen molar-refractivity contribution in [2.24, 2.45) is 5.41 Å². The van der Waals surface area contributed by atoms with E-state index >= 15 is 0 Å². The number of carbonyl (C=O) groups excluding carboxylic acids is 2. The van der Waals surface area contributed by atoms with Gasteiger partial charge in [-0.2, -0.15) is 0 Å². The summed E-state index contributed by atoms with van der Waals surface area (Å²) < 4.78 is 35.7. The second-order valence-corrected chi connectivity index (χ2v) is 10.5. The lowest BCUT2D eigenvalue weighted by molar-refractivity contribution is -0.151. The number of benzene rings is 2. The molecule has 2 saturated heterocycles. The zero-order valence-electron chi connectivity index (χ0n) is 22.2. The number of methoxy groups -OCH3 is 1. The Bertz CT molecular complexity index is 1390. The van der Waals surface area contributed by atoms with Crippen LogP contribution in [0.3, 0.4) is 0 Å². The highest BCUT2D eigenvalue weighted by Gasteiger charge is 2.56. The number of halogens is 2. The van der Waals surface area contributed by atoms with Crippen molar-refractivity contribution in [2.75, 3.05) is 33.4 Å². The third-order valence-corrected chi connectivity index (χ3v) is 8.11. The molecule has 2 fully saturated rings. The number of aliphatic hydroxyl groups excluding tert-OH is 1. The maximum absolute atomic E-state index is 14.3. The largest absolute Gasteiger partial charge is 0.495 e. The number of aliphatic hydroxyl groups is 1. The van der Waals surface area contributed by atoms with Crippen molar-refractivity contribution in [3.8, 4) is 11.4 Å². The number of carbonyl (C=O) groups is 2. The smallest absolute Gasteiger partial charge is 0.231 e. The molecule has 0 bridgehead atoms. The summed E-state index contributed by atoms with van der Waals surface area (Å²) >= 11 is 0. The predicted octanol–water partition coefficient (Wildman–Crippen LogP) is 3.76. The zero-order valence-corrected chi connectivity index (χ0v) is 22.2. The van der Waals surface area contributed by atoms with Crippen molar-refractivity contribution < 1.29 is 28.2 Å².